The van der Waals surface area contributed by atoms with Crippen molar-refractivity contribution < 1.29 is 36.3 Å². The number of aromatic nitrogens is 5. The molecule has 0 radical (unpaired) electrons. The number of fused-ring (bicyclic) bond motifs is 4. The maximum atomic E-state index is 16.2. The largest absolute Gasteiger partial charge is 0.480 e. The van der Waals surface area contributed by atoms with E-state index >= 15 is 22.0 Å². The van der Waals surface area contributed by atoms with Crippen LogP contribution in [-0.2, 0) is 23.7 Å². The van der Waals surface area contributed by atoms with Crippen molar-refractivity contribution in [1.82, 2.24) is 34.5 Å². The highest BCUT2D eigenvalue weighted by Gasteiger charge is 2.51. The van der Waals surface area contributed by atoms with Crippen LogP contribution in [0.5, 0.6) is 5.75 Å². The van der Waals surface area contributed by atoms with Gasteiger partial charge in [0.2, 0.25) is 23.5 Å². The molecule has 65 heavy (non-hydrogen) atoms. The number of ether oxygens (including phenoxy) is 1. The Hall–Kier alpha value is -5.56. The van der Waals surface area contributed by atoms with E-state index in [4.69, 9.17) is 16.3 Å². The minimum Gasteiger partial charge on any atom is -0.480 e. The van der Waals surface area contributed by atoms with E-state index in [9.17, 15) is 14.4 Å². The van der Waals surface area contributed by atoms with Gasteiger partial charge in [0, 0.05) is 61.5 Å². The standard InChI is InChI=1S/C45H48ClF5N10O4/c1-21-17-61(44-52-16-29(46)41(56-44)53-24-6-8-32-26(14-24)37-39(43(64)58(32)2)65-20-45(50,51)40(55-37)23-4-5-23)19-31(48)28(21)18-60-12-10-22(11-13-60)34-30(47)15-27-36(57-59(3)38(27)35(34)49)25-7-9-33(62)54-42(25)63/h6,8,14-16,21-23,25,28,31,40,55H,4-5,7,9-13,17-20H2,1-3H3,(H,52,53,56)(H,54,62,63). The second kappa shape index (κ2) is 16.4. The molecule has 10 rings (SSSR count). The van der Waals surface area contributed by atoms with Gasteiger partial charge in [0.15, 0.2) is 18.2 Å². The fraction of sp³-hybridized carbons (Fsp3) is 0.511. The number of carbonyl (C=O) groups excluding carboxylic acids is 2. The Labute approximate surface area is 374 Å². The summed E-state index contributed by atoms with van der Waals surface area (Å²) in [6.07, 6.45) is 2.76. The van der Waals surface area contributed by atoms with Gasteiger partial charge in [-0.25, -0.2) is 26.9 Å². The molecule has 4 aliphatic heterocycles. The van der Waals surface area contributed by atoms with Crippen LogP contribution in [-0.4, -0.2) is 98.5 Å². The number of rotatable bonds is 8. The first-order valence-corrected chi connectivity index (χ1v) is 22.5. The first-order chi connectivity index (χ1) is 31.1. The number of hydrogen-bond donors (Lipinski definition) is 3. The van der Waals surface area contributed by atoms with Crippen molar-refractivity contribution in [2.75, 3.05) is 54.9 Å². The smallest absolute Gasteiger partial charge is 0.301 e. The van der Waals surface area contributed by atoms with Gasteiger partial charge in [0.1, 0.15) is 22.5 Å². The zero-order chi connectivity index (χ0) is 45.6. The molecule has 3 saturated heterocycles. The van der Waals surface area contributed by atoms with Crippen LogP contribution in [0.15, 0.2) is 35.3 Å². The molecule has 5 atom stereocenters. The van der Waals surface area contributed by atoms with Gasteiger partial charge in [-0.1, -0.05) is 18.5 Å². The maximum absolute atomic E-state index is 16.2. The van der Waals surface area contributed by atoms with E-state index in [1.165, 1.54) is 21.5 Å². The highest BCUT2D eigenvalue weighted by atomic mass is 35.5. The lowest BCUT2D eigenvalue weighted by Crippen LogP contribution is -2.51. The number of amides is 2. The van der Waals surface area contributed by atoms with E-state index in [1.807, 2.05) is 6.92 Å². The Morgan fingerprint density at radius 3 is 2.51 bits per heavy atom. The lowest BCUT2D eigenvalue weighted by Gasteiger charge is -2.42. The lowest BCUT2D eigenvalue weighted by atomic mass is 9.83. The van der Waals surface area contributed by atoms with Crippen LogP contribution in [0.25, 0.3) is 21.8 Å². The molecule has 3 N–H and O–H groups in total. The number of aryl methyl sites for hydroxylation is 2. The third kappa shape index (κ3) is 7.80. The molecule has 14 nitrogen and oxygen atoms in total. The maximum Gasteiger partial charge on any atom is 0.301 e. The average molecular weight is 923 g/mol. The highest BCUT2D eigenvalue weighted by Crippen LogP contribution is 2.46. The van der Waals surface area contributed by atoms with E-state index in [-0.39, 0.29) is 93.4 Å². The van der Waals surface area contributed by atoms with Gasteiger partial charge in [-0.05, 0) is 87.2 Å². The van der Waals surface area contributed by atoms with E-state index < -0.39 is 59.7 Å². The number of alkyl halides is 3. The van der Waals surface area contributed by atoms with Gasteiger partial charge >= 0.3 is 5.92 Å². The lowest BCUT2D eigenvalue weighted by molar-refractivity contribution is -0.134. The summed E-state index contributed by atoms with van der Waals surface area (Å²) >= 11 is 6.59. The molecule has 5 aromatic rings. The first kappa shape index (κ1) is 43.3. The summed E-state index contributed by atoms with van der Waals surface area (Å²) in [5, 5.41) is 13.8. The molecule has 3 aromatic heterocycles. The molecule has 4 fully saturated rings. The van der Waals surface area contributed by atoms with E-state index in [1.54, 1.807) is 37.2 Å². The normalized spacial score (nSPS) is 25.2. The van der Waals surface area contributed by atoms with Crippen molar-refractivity contribution in [2.45, 2.75) is 75.4 Å². The average Bonchev–Trinajstić information content (AvgIpc) is 4.07. The Bertz CT molecular complexity index is 2800. The number of likely N-dealkylation sites (tertiary alicyclic amines) is 1. The fourth-order valence-electron chi connectivity index (χ4n) is 10.4. The summed E-state index contributed by atoms with van der Waals surface area (Å²) in [6.45, 7) is 3.07. The Balaban J connectivity index is 0.804. The number of carbonyl (C=O) groups is 2. The molecular formula is C45H48ClF5N10O4. The molecular weight excluding hydrogens is 875 g/mol. The molecule has 2 amide bonds. The number of imide groups is 1. The number of pyridine rings is 1. The molecule has 2 aromatic carbocycles. The van der Waals surface area contributed by atoms with Crippen molar-refractivity contribution in [3.05, 3.63) is 68.7 Å². The second-order valence-corrected chi connectivity index (χ2v) is 18.8. The molecule has 5 aliphatic rings. The summed E-state index contributed by atoms with van der Waals surface area (Å²) in [4.78, 5) is 50.6. The van der Waals surface area contributed by atoms with Gasteiger partial charge in [-0.2, -0.15) is 10.1 Å². The van der Waals surface area contributed by atoms with Crippen molar-refractivity contribution in [1.29, 1.82) is 0 Å². The summed E-state index contributed by atoms with van der Waals surface area (Å²) in [7, 11) is 3.11. The molecule has 1 aliphatic carbocycles. The van der Waals surface area contributed by atoms with Gasteiger partial charge in [-0.3, -0.25) is 24.4 Å². The third-order valence-corrected chi connectivity index (χ3v) is 14.4. The number of anilines is 4. The molecule has 0 bridgehead atoms. The zero-order valence-electron chi connectivity index (χ0n) is 35.9. The van der Waals surface area contributed by atoms with Crippen LogP contribution >= 0.6 is 11.6 Å². The van der Waals surface area contributed by atoms with Crippen molar-refractivity contribution in [3.8, 4) is 5.75 Å². The second-order valence-electron chi connectivity index (χ2n) is 18.4. The van der Waals surface area contributed by atoms with Crippen molar-refractivity contribution in [2.24, 2.45) is 31.8 Å². The molecule has 344 valence electrons. The number of nitrogens with zero attached hydrogens (tertiary/aromatic N) is 7. The minimum atomic E-state index is -3.18. The Kier molecular flexibility index (Phi) is 10.9. The molecule has 0 spiro atoms. The van der Waals surface area contributed by atoms with E-state index in [2.05, 4.69) is 35.9 Å². The molecule has 1 saturated carbocycles. The van der Waals surface area contributed by atoms with Crippen LogP contribution in [0, 0.1) is 29.4 Å². The Morgan fingerprint density at radius 1 is 1.02 bits per heavy atom. The van der Waals surface area contributed by atoms with Crippen LogP contribution in [0.2, 0.25) is 5.02 Å². The van der Waals surface area contributed by atoms with Crippen LogP contribution in [0.4, 0.5) is 45.1 Å². The minimum absolute atomic E-state index is 0.0142. The topological polar surface area (TPSA) is 152 Å². The quantitative estimate of drug-likeness (QED) is 0.110. The highest BCUT2D eigenvalue weighted by molar-refractivity contribution is 6.33. The summed E-state index contributed by atoms with van der Waals surface area (Å²) in [5.74, 6) is -7.03. The summed E-state index contributed by atoms with van der Waals surface area (Å²) < 4.78 is 86.9. The monoisotopic (exact) mass is 922 g/mol. The van der Waals surface area contributed by atoms with Crippen LogP contribution < -0.4 is 31.1 Å². The van der Waals surface area contributed by atoms with Gasteiger partial charge in [0.05, 0.1) is 41.6 Å². The SMILES string of the molecule is CC1CN(c2ncc(Cl)c(Nc3ccc4c(c3)c3c(c(=O)n4C)OCC(F)(F)C(C4CC4)N3)n2)CC(F)C1CN1CCC(c2c(F)cc3c(C4CCC(=O)NC4=O)nn(C)c3c2F)CC1. The number of halogens is 6. The van der Waals surface area contributed by atoms with Crippen molar-refractivity contribution >= 4 is 68.4 Å². The fourth-order valence-corrected chi connectivity index (χ4v) is 10.6. The Morgan fingerprint density at radius 2 is 1.78 bits per heavy atom. The van der Waals surface area contributed by atoms with E-state index in [0.717, 1.165) is 0 Å². The zero-order valence-corrected chi connectivity index (χ0v) is 36.7. The van der Waals surface area contributed by atoms with Crippen LogP contribution in [0.1, 0.15) is 68.5 Å². The van der Waals surface area contributed by atoms with Crippen molar-refractivity contribution in [3.63, 3.8) is 0 Å². The third-order valence-electron chi connectivity index (χ3n) is 14.1. The first-order valence-electron chi connectivity index (χ1n) is 22.1. The van der Waals surface area contributed by atoms with Crippen LogP contribution in [0.3, 0.4) is 0 Å². The molecule has 7 heterocycles. The summed E-state index contributed by atoms with van der Waals surface area (Å²) in [5.41, 5.74) is 1.03. The predicted molar refractivity (Wildman–Crippen MR) is 234 cm³/mol. The number of nitrogens with one attached hydrogen (secondary N) is 3. The predicted octanol–water partition coefficient (Wildman–Crippen LogP) is 6.92. The van der Waals surface area contributed by atoms with Gasteiger partial charge in [0.25, 0.3) is 5.56 Å². The molecule has 20 heteroatoms. The number of benzene rings is 2. The summed E-state index contributed by atoms with van der Waals surface area (Å²) in [6, 6.07) is 5.21. The number of piperidine rings is 3. The van der Waals surface area contributed by atoms with Gasteiger partial charge in [-0.15, -0.1) is 0 Å². The number of hydrogen-bond acceptors (Lipinski definition) is 11. The molecule has 5 unspecified atom stereocenters. The van der Waals surface area contributed by atoms with Gasteiger partial charge < -0.3 is 29.7 Å². The van der Waals surface area contributed by atoms with E-state index in [0.29, 0.717) is 68.5 Å².